The maximum atomic E-state index is 5.69. The Morgan fingerprint density at radius 1 is 0.952 bits per heavy atom. The van der Waals surface area contributed by atoms with E-state index in [1.807, 2.05) is 12.1 Å². The van der Waals surface area contributed by atoms with Crippen molar-refractivity contribution in [1.29, 1.82) is 0 Å². The topological polar surface area (TPSA) is 21.3 Å². The number of aryl methyl sites for hydroxylation is 1. The van der Waals surface area contributed by atoms with Gasteiger partial charge in [0.25, 0.3) is 0 Å². The van der Waals surface area contributed by atoms with Crippen molar-refractivity contribution in [3.8, 4) is 5.75 Å². The Balaban J connectivity index is 1.78. The van der Waals surface area contributed by atoms with Gasteiger partial charge in [0.15, 0.2) is 0 Å². The summed E-state index contributed by atoms with van der Waals surface area (Å²) in [4.78, 5) is 0. The van der Waals surface area contributed by atoms with Crippen LogP contribution in [0.1, 0.15) is 30.5 Å². The van der Waals surface area contributed by atoms with E-state index in [0.29, 0.717) is 5.92 Å². The monoisotopic (exact) mass is 283 g/mol. The highest BCUT2D eigenvalue weighted by molar-refractivity contribution is 5.27. The molecular weight excluding hydrogens is 258 g/mol. The van der Waals surface area contributed by atoms with Gasteiger partial charge in [-0.2, -0.15) is 0 Å². The predicted octanol–water partition coefficient (Wildman–Crippen LogP) is 4.32. The van der Waals surface area contributed by atoms with Gasteiger partial charge in [-0.15, -0.1) is 0 Å². The number of ether oxygens (including phenoxy) is 1. The van der Waals surface area contributed by atoms with Gasteiger partial charge in [0.1, 0.15) is 5.75 Å². The van der Waals surface area contributed by atoms with E-state index >= 15 is 0 Å². The van der Waals surface area contributed by atoms with Gasteiger partial charge in [-0.05, 0) is 36.1 Å². The predicted molar refractivity (Wildman–Crippen MR) is 88.5 cm³/mol. The molecule has 0 fully saturated rings. The fraction of sp³-hybridized carbons (Fsp3) is 0.368. The van der Waals surface area contributed by atoms with Crippen LogP contribution in [0, 0.1) is 12.8 Å². The van der Waals surface area contributed by atoms with Crippen molar-refractivity contribution in [2.24, 2.45) is 5.92 Å². The van der Waals surface area contributed by atoms with E-state index in [4.69, 9.17) is 4.74 Å². The molecule has 0 radical (unpaired) electrons. The fourth-order valence-electron chi connectivity index (χ4n) is 2.14. The highest BCUT2D eigenvalue weighted by Crippen LogP contribution is 2.13. The van der Waals surface area contributed by atoms with Crippen LogP contribution in [-0.2, 0) is 13.1 Å². The number of benzene rings is 2. The maximum Gasteiger partial charge on any atom is 0.119 e. The van der Waals surface area contributed by atoms with Crippen LogP contribution in [0.25, 0.3) is 0 Å². The van der Waals surface area contributed by atoms with Gasteiger partial charge in [0, 0.05) is 13.1 Å². The molecular formula is C19H25NO. The Bertz CT molecular complexity index is 546. The van der Waals surface area contributed by atoms with Crippen LogP contribution < -0.4 is 10.1 Å². The lowest BCUT2D eigenvalue weighted by molar-refractivity contribution is 0.271. The van der Waals surface area contributed by atoms with Crippen molar-refractivity contribution < 1.29 is 4.74 Å². The van der Waals surface area contributed by atoms with Crippen LogP contribution >= 0.6 is 0 Å². The lowest BCUT2D eigenvalue weighted by Gasteiger charge is -2.10. The minimum Gasteiger partial charge on any atom is -0.493 e. The Kier molecular flexibility index (Phi) is 5.82. The average Bonchev–Trinajstić information content (AvgIpc) is 2.46. The van der Waals surface area contributed by atoms with Crippen molar-refractivity contribution in [2.45, 2.75) is 33.9 Å². The quantitative estimate of drug-likeness (QED) is 0.817. The third kappa shape index (κ3) is 5.60. The minimum absolute atomic E-state index is 0.556. The summed E-state index contributed by atoms with van der Waals surface area (Å²) in [6.07, 6.45) is 0. The van der Waals surface area contributed by atoms with Gasteiger partial charge in [-0.25, -0.2) is 0 Å². The molecule has 2 heteroatoms. The van der Waals surface area contributed by atoms with Crippen LogP contribution in [0.15, 0.2) is 48.5 Å². The third-order valence-corrected chi connectivity index (χ3v) is 3.25. The normalized spacial score (nSPS) is 10.9. The first-order chi connectivity index (χ1) is 10.1. The van der Waals surface area contributed by atoms with E-state index in [-0.39, 0.29) is 0 Å². The lowest BCUT2D eigenvalue weighted by atomic mass is 10.1. The van der Waals surface area contributed by atoms with Gasteiger partial charge < -0.3 is 10.1 Å². The Labute approximate surface area is 128 Å². The van der Waals surface area contributed by atoms with Gasteiger partial charge in [0.2, 0.25) is 0 Å². The van der Waals surface area contributed by atoms with E-state index in [1.165, 1.54) is 16.7 Å². The van der Waals surface area contributed by atoms with Crippen molar-refractivity contribution in [2.75, 3.05) is 6.61 Å². The number of rotatable bonds is 7. The third-order valence-electron chi connectivity index (χ3n) is 3.25. The van der Waals surface area contributed by atoms with Gasteiger partial charge in [-0.1, -0.05) is 55.8 Å². The SMILES string of the molecule is Cc1cccc(CNCc2ccc(OCC(C)C)cc2)c1. The molecule has 2 aromatic rings. The van der Waals surface area contributed by atoms with E-state index in [2.05, 4.69) is 62.5 Å². The van der Waals surface area contributed by atoms with Crippen LogP contribution in [0.4, 0.5) is 0 Å². The highest BCUT2D eigenvalue weighted by atomic mass is 16.5. The van der Waals surface area contributed by atoms with Gasteiger partial charge in [-0.3, -0.25) is 0 Å². The first-order valence-corrected chi connectivity index (χ1v) is 7.61. The van der Waals surface area contributed by atoms with E-state index in [1.54, 1.807) is 0 Å². The summed E-state index contributed by atoms with van der Waals surface area (Å²) in [7, 11) is 0. The second-order valence-corrected chi connectivity index (χ2v) is 5.94. The molecule has 0 unspecified atom stereocenters. The molecule has 2 aromatic carbocycles. The largest absolute Gasteiger partial charge is 0.493 e. The van der Waals surface area contributed by atoms with E-state index in [9.17, 15) is 0 Å². The summed E-state index contributed by atoms with van der Waals surface area (Å²) in [6.45, 7) is 8.98. The maximum absolute atomic E-state index is 5.69. The van der Waals surface area contributed by atoms with E-state index in [0.717, 1.165) is 25.4 Å². The molecule has 2 nitrogen and oxygen atoms in total. The molecule has 21 heavy (non-hydrogen) atoms. The molecule has 0 spiro atoms. The van der Waals surface area contributed by atoms with E-state index < -0.39 is 0 Å². The molecule has 0 atom stereocenters. The fourth-order valence-corrected chi connectivity index (χ4v) is 2.14. The summed E-state index contributed by atoms with van der Waals surface area (Å²) < 4.78 is 5.69. The number of nitrogens with one attached hydrogen (secondary N) is 1. The van der Waals surface area contributed by atoms with Crippen molar-refractivity contribution in [1.82, 2.24) is 5.32 Å². The number of hydrogen-bond donors (Lipinski definition) is 1. The van der Waals surface area contributed by atoms with Crippen LogP contribution in [0.2, 0.25) is 0 Å². The molecule has 0 bridgehead atoms. The van der Waals surface area contributed by atoms with Crippen molar-refractivity contribution in [3.05, 3.63) is 65.2 Å². The standard InChI is InChI=1S/C19H25NO/c1-15(2)14-21-19-9-7-17(8-10-19)12-20-13-18-6-4-5-16(3)11-18/h4-11,15,20H,12-14H2,1-3H3. The minimum atomic E-state index is 0.556. The van der Waals surface area contributed by atoms with Crippen molar-refractivity contribution in [3.63, 3.8) is 0 Å². The Morgan fingerprint density at radius 2 is 1.67 bits per heavy atom. The molecule has 0 saturated heterocycles. The Morgan fingerprint density at radius 3 is 2.33 bits per heavy atom. The second kappa shape index (κ2) is 7.84. The molecule has 0 aliphatic carbocycles. The van der Waals surface area contributed by atoms with Crippen LogP contribution in [0.3, 0.4) is 0 Å². The lowest BCUT2D eigenvalue weighted by Crippen LogP contribution is -2.12. The molecule has 0 saturated carbocycles. The molecule has 0 aromatic heterocycles. The summed E-state index contributed by atoms with van der Waals surface area (Å²) >= 11 is 0. The van der Waals surface area contributed by atoms with Gasteiger partial charge >= 0.3 is 0 Å². The average molecular weight is 283 g/mol. The molecule has 0 aliphatic rings. The highest BCUT2D eigenvalue weighted by Gasteiger charge is 1.98. The molecule has 1 N–H and O–H groups in total. The number of hydrogen-bond acceptors (Lipinski definition) is 2. The molecule has 2 rings (SSSR count). The summed E-state index contributed by atoms with van der Waals surface area (Å²) in [5, 5.41) is 3.47. The second-order valence-electron chi connectivity index (χ2n) is 5.94. The molecule has 112 valence electrons. The van der Waals surface area contributed by atoms with Crippen LogP contribution in [0.5, 0.6) is 5.75 Å². The zero-order valence-electron chi connectivity index (χ0n) is 13.2. The summed E-state index contributed by atoms with van der Waals surface area (Å²) in [5.41, 5.74) is 3.91. The molecule has 0 aliphatic heterocycles. The van der Waals surface area contributed by atoms with Gasteiger partial charge in [0.05, 0.1) is 6.61 Å². The zero-order valence-corrected chi connectivity index (χ0v) is 13.2. The summed E-state index contributed by atoms with van der Waals surface area (Å²) in [6, 6.07) is 16.9. The Hall–Kier alpha value is -1.80. The first kappa shape index (κ1) is 15.6. The van der Waals surface area contributed by atoms with Crippen LogP contribution in [-0.4, -0.2) is 6.61 Å². The van der Waals surface area contributed by atoms with Crippen molar-refractivity contribution >= 4 is 0 Å². The first-order valence-electron chi connectivity index (χ1n) is 7.61. The molecule has 0 amide bonds. The molecule has 0 heterocycles. The zero-order chi connectivity index (χ0) is 15.1. The summed E-state index contributed by atoms with van der Waals surface area (Å²) in [5.74, 6) is 1.51. The smallest absolute Gasteiger partial charge is 0.119 e.